The molecule has 0 radical (unpaired) electrons. The molecule has 1 atom stereocenters. The van der Waals surface area contributed by atoms with E-state index in [1.807, 2.05) is 0 Å². The molecule has 2 aromatic rings. The van der Waals surface area contributed by atoms with Gasteiger partial charge in [-0.2, -0.15) is 0 Å². The van der Waals surface area contributed by atoms with Gasteiger partial charge in [-0.25, -0.2) is 13.2 Å². The second kappa shape index (κ2) is 6.26. The average Bonchev–Trinajstić information content (AvgIpc) is 2.44. The maximum atomic E-state index is 13.8. The number of hydrogen-bond acceptors (Lipinski definition) is 2. The predicted octanol–water partition coefficient (Wildman–Crippen LogP) is 3.50. The zero-order valence-corrected chi connectivity index (χ0v) is 11.1. The molecular weight excluding hydrogens is 289 g/mol. The quantitative estimate of drug-likeness (QED) is 0.670. The van der Waals surface area contributed by atoms with Crippen LogP contribution < -0.4 is 11.3 Å². The van der Waals surface area contributed by atoms with Crippen LogP contribution in [-0.2, 0) is 6.42 Å². The van der Waals surface area contributed by atoms with E-state index in [9.17, 15) is 13.2 Å². The standard InChI is InChI=1S/C14H12ClF3N2/c15-10-5-1-3-8(13(10)17)7-12(20-19)9-4-2-6-11(16)14(9)18/h1-6,12,20H,7,19H2. The summed E-state index contributed by atoms with van der Waals surface area (Å²) in [7, 11) is 0. The molecule has 0 aliphatic carbocycles. The third kappa shape index (κ3) is 2.95. The van der Waals surface area contributed by atoms with Gasteiger partial charge in [0.2, 0.25) is 0 Å². The van der Waals surface area contributed by atoms with Gasteiger partial charge in [-0.15, -0.1) is 0 Å². The lowest BCUT2D eigenvalue weighted by atomic mass is 9.98. The summed E-state index contributed by atoms with van der Waals surface area (Å²) < 4.78 is 40.8. The van der Waals surface area contributed by atoms with Crippen LogP contribution in [0.15, 0.2) is 36.4 Å². The highest BCUT2D eigenvalue weighted by Crippen LogP contribution is 2.25. The minimum atomic E-state index is -1.00. The summed E-state index contributed by atoms with van der Waals surface area (Å²) in [6, 6.07) is 7.51. The Morgan fingerprint density at radius 1 is 1.05 bits per heavy atom. The summed E-state index contributed by atoms with van der Waals surface area (Å²) in [6.07, 6.45) is 0.0449. The number of nitrogens with one attached hydrogen (secondary N) is 1. The van der Waals surface area contributed by atoms with Gasteiger partial charge < -0.3 is 0 Å². The Hall–Kier alpha value is -1.56. The average molecular weight is 301 g/mol. The van der Waals surface area contributed by atoms with E-state index >= 15 is 0 Å². The largest absolute Gasteiger partial charge is 0.271 e. The first-order valence-electron chi connectivity index (χ1n) is 5.87. The second-order valence-electron chi connectivity index (χ2n) is 4.28. The van der Waals surface area contributed by atoms with E-state index in [-0.39, 0.29) is 22.6 Å². The van der Waals surface area contributed by atoms with E-state index in [2.05, 4.69) is 5.43 Å². The monoisotopic (exact) mass is 300 g/mol. The number of hydrazine groups is 1. The maximum Gasteiger partial charge on any atom is 0.163 e. The Labute approximate surface area is 119 Å². The van der Waals surface area contributed by atoms with Gasteiger partial charge in [-0.05, 0) is 24.1 Å². The third-order valence-electron chi connectivity index (χ3n) is 3.01. The van der Waals surface area contributed by atoms with Crippen molar-refractivity contribution in [3.05, 3.63) is 70.0 Å². The zero-order chi connectivity index (χ0) is 14.7. The van der Waals surface area contributed by atoms with Crippen molar-refractivity contribution in [2.45, 2.75) is 12.5 Å². The number of hydrogen-bond donors (Lipinski definition) is 2. The lowest BCUT2D eigenvalue weighted by molar-refractivity contribution is 0.460. The molecule has 0 saturated heterocycles. The molecule has 0 amide bonds. The van der Waals surface area contributed by atoms with Gasteiger partial charge in [-0.3, -0.25) is 11.3 Å². The lowest BCUT2D eigenvalue weighted by Gasteiger charge is -2.18. The fourth-order valence-corrected chi connectivity index (χ4v) is 2.17. The molecule has 20 heavy (non-hydrogen) atoms. The van der Waals surface area contributed by atoms with Gasteiger partial charge >= 0.3 is 0 Å². The molecule has 0 aliphatic rings. The SMILES string of the molecule is NNC(Cc1cccc(Cl)c1F)c1cccc(F)c1F. The molecule has 0 heterocycles. The molecule has 2 aromatic carbocycles. The Morgan fingerprint density at radius 3 is 2.45 bits per heavy atom. The van der Waals surface area contributed by atoms with Crippen molar-refractivity contribution >= 4 is 11.6 Å². The highest BCUT2D eigenvalue weighted by Gasteiger charge is 2.19. The minimum absolute atomic E-state index is 0.0296. The topological polar surface area (TPSA) is 38.0 Å². The minimum Gasteiger partial charge on any atom is -0.271 e. The summed E-state index contributed by atoms with van der Waals surface area (Å²) in [4.78, 5) is 0. The summed E-state index contributed by atoms with van der Waals surface area (Å²) in [5.41, 5.74) is 2.67. The van der Waals surface area contributed by atoms with Crippen LogP contribution in [0.2, 0.25) is 5.02 Å². The van der Waals surface area contributed by atoms with E-state index in [1.54, 1.807) is 6.07 Å². The van der Waals surface area contributed by atoms with E-state index < -0.39 is 23.5 Å². The highest BCUT2D eigenvalue weighted by atomic mass is 35.5. The molecule has 106 valence electrons. The molecule has 0 aromatic heterocycles. The number of halogens is 4. The van der Waals surface area contributed by atoms with Crippen LogP contribution in [0.25, 0.3) is 0 Å². The van der Waals surface area contributed by atoms with Gasteiger partial charge in [0.1, 0.15) is 5.82 Å². The van der Waals surface area contributed by atoms with Crippen LogP contribution in [-0.4, -0.2) is 0 Å². The van der Waals surface area contributed by atoms with Crippen molar-refractivity contribution in [3.8, 4) is 0 Å². The fraction of sp³-hybridized carbons (Fsp3) is 0.143. The van der Waals surface area contributed by atoms with Crippen LogP contribution in [0.5, 0.6) is 0 Å². The maximum absolute atomic E-state index is 13.8. The lowest BCUT2D eigenvalue weighted by Crippen LogP contribution is -2.30. The highest BCUT2D eigenvalue weighted by molar-refractivity contribution is 6.30. The van der Waals surface area contributed by atoms with E-state index in [0.717, 1.165) is 6.07 Å². The van der Waals surface area contributed by atoms with Crippen molar-refractivity contribution in [2.75, 3.05) is 0 Å². The first-order valence-corrected chi connectivity index (χ1v) is 6.25. The van der Waals surface area contributed by atoms with Gasteiger partial charge in [0.25, 0.3) is 0 Å². The Bertz CT molecular complexity index is 619. The van der Waals surface area contributed by atoms with E-state index in [0.29, 0.717) is 0 Å². The van der Waals surface area contributed by atoms with Gasteiger partial charge in [0.15, 0.2) is 11.6 Å². The molecule has 0 saturated carbocycles. The van der Waals surface area contributed by atoms with Crippen LogP contribution >= 0.6 is 11.6 Å². The second-order valence-corrected chi connectivity index (χ2v) is 4.69. The summed E-state index contributed by atoms with van der Waals surface area (Å²) >= 11 is 5.68. The summed E-state index contributed by atoms with van der Waals surface area (Å²) in [5, 5.41) is -0.0296. The van der Waals surface area contributed by atoms with Gasteiger partial charge in [0, 0.05) is 5.56 Å². The van der Waals surface area contributed by atoms with E-state index in [4.69, 9.17) is 17.4 Å². The van der Waals surface area contributed by atoms with Crippen molar-refractivity contribution in [1.29, 1.82) is 0 Å². The van der Waals surface area contributed by atoms with Gasteiger partial charge in [-0.1, -0.05) is 35.9 Å². The molecule has 0 fully saturated rings. The van der Waals surface area contributed by atoms with Gasteiger partial charge in [0.05, 0.1) is 11.1 Å². The Balaban J connectivity index is 2.34. The first-order chi connectivity index (χ1) is 9.54. The molecule has 6 heteroatoms. The molecule has 2 rings (SSSR count). The van der Waals surface area contributed by atoms with Crippen LogP contribution in [0.1, 0.15) is 17.2 Å². The smallest absolute Gasteiger partial charge is 0.163 e. The number of nitrogens with two attached hydrogens (primary N) is 1. The molecule has 1 unspecified atom stereocenters. The molecule has 0 aliphatic heterocycles. The van der Waals surface area contributed by atoms with Crippen molar-refractivity contribution in [1.82, 2.24) is 5.43 Å². The van der Waals surface area contributed by atoms with E-state index in [1.165, 1.54) is 24.3 Å². The van der Waals surface area contributed by atoms with Crippen LogP contribution in [0.4, 0.5) is 13.2 Å². The molecule has 3 N–H and O–H groups in total. The first kappa shape index (κ1) is 14.8. The molecular formula is C14H12ClF3N2. The Morgan fingerprint density at radius 2 is 1.75 bits per heavy atom. The fourth-order valence-electron chi connectivity index (χ4n) is 1.97. The van der Waals surface area contributed by atoms with Crippen molar-refractivity contribution in [3.63, 3.8) is 0 Å². The number of rotatable bonds is 4. The summed E-state index contributed by atoms with van der Waals surface area (Å²) in [5.74, 6) is 2.79. The predicted molar refractivity (Wildman–Crippen MR) is 71.5 cm³/mol. The normalized spacial score (nSPS) is 12.4. The van der Waals surface area contributed by atoms with Crippen molar-refractivity contribution in [2.24, 2.45) is 5.84 Å². The number of benzene rings is 2. The Kier molecular flexibility index (Phi) is 4.65. The van der Waals surface area contributed by atoms with Crippen LogP contribution in [0.3, 0.4) is 0 Å². The molecule has 0 spiro atoms. The molecule has 2 nitrogen and oxygen atoms in total. The zero-order valence-electron chi connectivity index (χ0n) is 10.3. The molecule has 0 bridgehead atoms. The third-order valence-corrected chi connectivity index (χ3v) is 3.31. The van der Waals surface area contributed by atoms with Crippen LogP contribution in [0, 0.1) is 17.5 Å². The van der Waals surface area contributed by atoms with Crippen molar-refractivity contribution < 1.29 is 13.2 Å². The summed E-state index contributed by atoms with van der Waals surface area (Å²) in [6.45, 7) is 0.